The number of morpholine rings is 1. The standard InChI is InChI=1S/C15H22N6O2S/c1-10(2)12-18-15(24-19-12)21-6-7-23-11(9-21)8-17-13-14(22)20(3)5-4-16-13/h4-5,10-11H,6-9H2,1-3H3,(H,16,17)/t11-/m1/s1. The van der Waals surface area contributed by atoms with Crippen LogP contribution < -0.4 is 15.8 Å². The van der Waals surface area contributed by atoms with Crippen LogP contribution in [0, 0.1) is 0 Å². The minimum absolute atomic E-state index is 0.0307. The molecule has 1 saturated heterocycles. The third kappa shape index (κ3) is 3.73. The summed E-state index contributed by atoms with van der Waals surface area (Å²) in [5.74, 6) is 1.56. The molecule has 1 atom stereocenters. The number of hydrogen-bond donors (Lipinski definition) is 1. The van der Waals surface area contributed by atoms with Gasteiger partial charge in [-0.1, -0.05) is 13.8 Å². The van der Waals surface area contributed by atoms with Crippen LogP contribution in [-0.4, -0.2) is 51.3 Å². The van der Waals surface area contributed by atoms with Gasteiger partial charge in [0.25, 0.3) is 5.56 Å². The van der Waals surface area contributed by atoms with Crippen LogP contribution >= 0.6 is 11.5 Å². The first kappa shape index (κ1) is 16.8. The van der Waals surface area contributed by atoms with E-state index < -0.39 is 0 Å². The van der Waals surface area contributed by atoms with E-state index in [-0.39, 0.29) is 11.7 Å². The summed E-state index contributed by atoms with van der Waals surface area (Å²) >= 11 is 1.43. The van der Waals surface area contributed by atoms with Crippen LogP contribution in [0.15, 0.2) is 17.2 Å². The number of anilines is 2. The van der Waals surface area contributed by atoms with Gasteiger partial charge in [-0.25, -0.2) is 9.97 Å². The molecule has 3 heterocycles. The Kier molecular flexibility index (Phi) is 5.10. The molecule has 130 valence electrons. The van der Waals surface area contributed by atoms with Crippen molar-refractivity contribution in [3.63, 3.8) is 0 Å². The molecular weight excluding hydrogens is 328 g/mol. The first-order valence-corrected chi connectivity index (χ1v) is 8.77. The van der Waals surface area contributed by atoms with Gasteiger partial charge in [0.15, 0.2) is 5.82 Å². The molecule has 3 rings (SSSR count). The Morgan fingerprint density at radius 2 is 2.33 bits per heavy atom. The van der Waals surface area contributed by atoms with E-state index in [0.29, 0.717) is 31.4 Å². The lowest BCUT2D eigenvalue weighted by Crippen LogP contribution is -2.45. The lowest BCUT2D eigenvalue weighted by molar-refractivity contribution is 0.0491. The molecule has 1 aliphatic heterocycles. The summed E-state index contributed by atoms with van der Waals surface area (Å²) in [4.78, 5) is 22.8. The Morgan fingerprint density at radius 1 is 1.50 bits per heavy atom. The molecule has 1 N–H and O–H groups in total. The van der Waals surface area contributed by atoms with Crippen LogP contribution in [0.2, 0.25) is 0 Å². The van der Waals surface area contributed by atoms with Gasteiger partial charge in [-0.15, -0.1) is 0 Å². The van der Waals surface area contributed by atoms with Crippen molar-refractivity contribution in [1.29, 1.82) is 0 Å². The average Bonchev–Trinajstić information content (AvgIpc) is 3.07. The highest BCUT2D eigenvalue weighted by molar-refractivity contribution is 7.09. The summed E-state index contributed by atoms with van der Waals surface area (Å²) in [5.41, 5.74) is -0.143. The molecule has 0 saturated carbocycles. The first-order chi connectivity index (χ1) is 11.5. The van der Waals surface area contributed by atoms with Crippen molar-refractivity contribution < 1.29 is 4.74 Å². The quantitative estimate of drug-likeness (QED) is 0.863. The lowest BCUT2D eigenvalue weighted by atomic mass is 10.2. The van der Waals surface area contributed by atoms with Gasteiger partial charge >= 0.3 is 0 Å². The summed E-state index contributed by atoms with van der Waals surface area (Å²) in [6.45, 7) is 6.85. The van der Waals surface area contributed by atoms with Crippen molar-refractivity contribution in [1.82, 2.24) is 18.9 Å². The predicted molar refractivity (Wildman–Crippen MR) is 93.9 cm³/mol. The second kappa shape index (κ2) is 7.27. The van der Waals surface area contributed by atoms with E-state index in [9.17, 15) is 4.79 Å². The smallest absolute Gasteiger partial charge is 0.293 e. The largest absolute Gasteiger partial charge is 0.373 e. The topological polar surface area (TPSA) is 85.2 Å². The average molecular weight is 350 g/mol. The highest BCUT2D eigenvalue weighted by atomic mass is 32.1. The molecule has 1 aliphatic rings. The third-order valence-corrected chi connectivity index (χ3v) is 4.66. The van der Waals surface area contributed by atoms with Crippen LogP contribution in [0.25, 0.3) is 0 Å². The van der Waals surface area contributed by atoms with E-state index in [1.165, 1.54) is 16.1 Å². The van der Waals surface area contributed by atoms with Crippen molar-refractivity contribution in [2.24, 2.45) is 7.05 Å². The van der Waals surface area contributed by atoms with Gasteiger partial charge in [-0.05, 0) is 0 Å². The summed E-state index contributed by atoms with van der Waals surface area (Å²) in [6.07, 6.45) is 3.21. The number of ether oxygens (including phenoxy) is 1. The molecule has 0 bridgehead atoms. The number of aromatic nitrogens is 4. The molecule has 8 nitrogen and oxygen atoms in total. The second-order valence-corrected chi connectivity index (χ2v) is 6.83. The van der Waals surface area contributed by atoms with Gasteiger partial charge in [0, 0.05) is 56.5 Å². The van der Waals surface area contributed by atoms with Crippen molar-refractivity contribution in [2.45, 2.75) is 25.9 Å². The van der Waals surface area contributed by atoms with E-state index in [1.54, 1.807) is 19.4 Å². The predicted octanol–water partition coefficient (Wildman–Crippen LogP) is 1.07. The number of aryl methyl sites for hydroxylation is 1. The third-order valence-electron chi connectivity index (χ3n) is 3.87. The van der Waals surface area contributed by atoms with Crippen LogP contribution in [0.3, 0.4) is 0 Å². The zero-order valence-electron chi connectivity index (χ0n) is 14.1. The molecule has 0 aromatic carbocycles. The zero-order chi connectivity index (χ0) is 17.1. The molecule has 0 spiro atoms. The molecule has 1 fully saturated rings. The fourth-order valence-corrected chi connectivity index (χ4v) is 3.28. The van der Waals surface area contributed by atoms with Crippen LogP contribution in [0.1, 0.15) is 25.6 Å². The Balaban J connectivity index is 1.61. The molecule has 9 heteroatoms. The second-order valence-electron chi connectivity index (χ2n) is 6.10. The van der Waals surface area contributed by atoms with E-state index in [1.807, 2.05) is 0 Å². The highest BCUT2D eigenvalue weighted by Gasteiger charge is 2.24. The molecule has 0 aliphatic carbocycles. The molecule has 0 radical (unpaired) electrons. The summed E-state index contributed by atoms with van der Waals surface area (Å²) < 4.78 is 11.7. The number of hydrogen-bond acceptors (Lipinski definition) is 8. The van der Waals surface area contributed by atoms with Gasteiger partial charge in [0.1, 0.15) is 5.82 Å². The van der Waals surface area contributed by atoms with Gasteiger partial charge < -0.3 is 19.5 Å². The SMILES string of the molecule is CC(C)c1nsc(N2CCO[C@H](CNc3nccn(C)c3=O)C2)n1. The summed E-state index contributed by atoms with van der Waals surface area (Å²) in [6, 6.07) is 0. The Bertz CT molecular complexity index is 744. The van der Waals surface area contributed by atoms with Crippen molar-refractivity contribution in [3.8, 4) is 0 Å². The Hall–Kier alpha value is -2.00. The molecule has 2 aromatic rings. The maximum Gasteiger partial charge on any atom is 0.293 e. The van der Waals surface area contributed by atoms with E-state index in [4.69, 9.17) is 4.74 Å². The minimum atomic E-state index is -0.143. The minimum Gasteiger partial charge on any atom is -0.373 e. The summed E-state index contributed by atoms with van der Waals surface area (Å²) in [5, 5.41) is 4.02. The maximum atomic E-state index is 12.0. The van der Waals surface area contributed by atoms with Crippen LogP contribution in [0.4, 0.5) is 10.9 Å². The molecule has 0 unspecified atom stereocenters. The first-order valence-electron chi connectivity index (χ1n) is 8.00. The van der Waals surface area contributed by atoms with Crippen molar-refractivity contribution in [3.05, 3.63) is 28.6 Å². The van der Waals surface area contributed by atoms with Crippen LogP contribution in [-0.2, 0) is 11.8 Å². The maximum absolute atomic E-state index is 12.0. The van der Waals surface area contributed by atoms with E-state index in [0.717, 1.165) is 17.5 Å². The Morgan fingerprint density at radius 3 is 3.08 bits per heavy atom. The molecule has 0 amide bonds. The monoisotopic (exact) mass is 350 g/mol. The van der Waals surface area contributed by atoms with Crippen molar-refractivity contribution in [2.75, 3.05) is 36.5 Å². The molecule has 2 aromatic heterocycles. The van der Waals surface area contributed by atoms with Gasteiger partial charge in [-0.3, -0.25) is 4.79 Å². The van der Waals surface area contributed by atoms with Crippen LogP contribution in [0.5, 0.6) is 0 Å². The van der Waals surface area contributed by atoms with E-state index >= 15 is 0 Å². The summed E-state index contributed by atoms with van der Waals surface area (Å²) in [7, 11) is 1.70. The lowest BCUT2D eigenvalue weighted by Gasteiger charge is -2.32. The normalized spacial score (nSPS) is 18.2. The Labute approximate surface area is 144 Å². The number of nitrogens with zero attached hydrogens (tertiary/aromatic N) is 5. The fraction of sp³-hybridized carbons (Fsp3) is 0.600. The van der Waals surface area contributed by atoms with Crippen molar-refractivity contribution >= 4 is 22.5 Å². The van der Waals surface area contributed by atoms with Gasteiger partial charge in [-0.2, -0.15) is 4.37 Å². The van der Waals surface area contributed by atoms with Gasteiger partial charge in [0.2, 0.25) is 5.13 Å². The molecule has 24 heavy (non-hydrogen) atoms. The highest BCUT2D eigenvalue weighted by Crippen LogP contribution is 2.23. The number of rotatable bonds is 5. The molecular formula is C15H22N6O2S. The number of nitrogens with one attached hydrogen (secondary N) is 1. The fourth-order valence-electron chi connectivity index (χ4n) is 2.44. The van der Waals surface area contributed by atoms with E-state index in [2.05, 4.69) is 38.4 Å². The van der Waals surface area contributed by atoms with Gasteiger partial charge in [0.05, 0.1) is 12.7 Å². The zero-order valence-corrected chi connectivity index (χ0v) is 14.9.